The molecule has 178 valence electrons. The van der Waals surface area contributed by atoms with Crippen molar-refractivity contribution in [2.75, 3.05) is 13.2 Å². The van der Waals surface area contributed by atoms with Crippen molar-refractivity contribution in [3.8, 4) is 11.4 Å². The normalized spacial score (nSPS) is 19.5. The predicted octanol–water partition coefficient (Wildman–Crippen LogP) is 2.00. The number of rotatable bonds is 5. The highest BCUT2D eigenvalue weighted by molar-refractivity contribution is 5.89. The summed E-state index contributed by atoms with van der Waals surface area (Å²) in [4.78, 5) is 30.2. The molecular formula is C24H23F2N3O5. The van der Waals surface area contributed by atoms with Crippen LogP contribution >= 0.6 is 0 Å². The van der Waals surface area contributed by atoms with E-state index >= 15 is 4.39 Å². The van der Waals surface area contributed by atoms with Crippen LogP contribution in [-0.4, -0.2) is 38.9 Å². The van der Waals surface area contributed by atoms with E-state index in [1.54, 1.807) is 13.8 Å². The molecular weight excluding hydrogens is 448 g/mol. The smallest absolute Gasteiger partial charge is 0.343 e. The van der Waals surface area contributed by atoms with E-state index in [0.717, 1.165) is 0 Å². The number of esters is 1. The lowest BCUT2D eigenvalue weighted by atomic mass is 9.86. The molecule has 0 bridgehead atoms. The van der Waals surface area contributed by atoms with Crippen molar-refractivity contribution in [2.45, 2.75) is 45.1 Å². The van der Waals surface area contributed by atoms with E-state index in [1.165, 1.54) is 22.8 Å². The molecule has 0 fully saturated rings. The van der Waals surface area contributed by atoms with Crippen molar-refractivity contribution in [3.63, 3.8) is 0 Å². The summed E-state index contributed by atoms with van der Waals surface area (Å²) in [7, 11) is 0. The molecule has 0 radical (unpaired) electrons. The molecule has 1 aromatic carbocycles. The second-order valence-corrected chi connectivity index (χ2v) is 8.62. The van der Waals surface area contributed by atoms with E-state index in [-0.39, 0.29) is 77.7 Å². The van der Waals surface area contributed by atoms with E-state index in [1.807, 2.05) is 0 Å². The first-order chi connectivity index (χ1) is 16.2. The number of aliphatic hydroxyl groups is 2. The van der Waals surface area contributed by atoms with Crippen LogP contribution in [0.15, 0.2) is 23.0 Å². The first-order valence-corrected chi connectivity index (χ1v) is 11.0. The van der Waals surface area contributed by atoms with Crippen molar-refractivity contribution in [3.05, 3.63) is 62.4 Å². The monoisotopic (exact) mass is 471 g/mol. The third-order valence-corrected chi connectivity index (χ3v) is 6.78. The number of nitrogens with zero attached hydrogens (tertiary/aromatic N) is 2. The van der Waals surface area contributed by atoms with Crippen LogP contribution in [0.5, 0.6) is 0 Å². The largest absolute Gasteiger partial charge is 0.458 e. The zero-order valence-electron chi connectivity index (χ0n) is 18.6. The molecule has 34 heavy (non-hydrogen) atoms. The number of ether oxygens (including phenoxy) is 1. The number of nitrogens with one attached hydrogen (secondary N) is 1. The molecule has 2 aliphatic heterocycles. The number of carbonyl (C=O) groups is 1. The topological polar surface area (TPSA) is 114 Å². The molecule has 0 spiro atoms. The van der Waals surface area contributed by atoms with Crippen LogP contribution in [0.4, 0.5) is 8.78 Å². The summed E-state index contributed by atoms with van der Waals surface area (Å²) in [5.41, 5.74) is -1.19. The summed E-state index contributed by atoms with van der Waals surface area (Å²) >= 11 is 0. The predicted molar refractivity (Wildman–Crippen MR) is 118 cm³/mol. The molecule has 0 amide bonds. The van der Waals surface area contributed by atoms with Crippen molar-refractivity contribution < 1.29 is 28.5 Å². The minimum Gasteiger partial charge on any atom is -0.458 e. The first kappa shape index (κ1) is 22.6. The number of halogens is 2. The average Bonchev–Trinajstić information content (AvgIpc) is 3.20. The standard InChI is InChI=1S/C24H23F2N3O5/c1-3-24(33)15-8-17-20-13(9-29(17)22(31)14(15)10-34-23(24)32)19(26)18-16(25)5-4-12(21(18)28-20)11(2)27-6-7-30/h4-5,8,11,27,30,33H,3,6-7,9-10H2,1-2H3/t11?,24-/m0/s1. The van der Waals surface area contributed by atoms with Gasteiger partial charge in [-0.05, 0) is 31.0 Å². The molecule has 3 aromatic rings. The molecule has 8 nitrogen and oxygen atoms in total. The van der Waals surface area contributed by atoms with Crippen LogP contribution < -0.4 is 10.9 Å². The Bertz CT molecular complexity index is 1420. The molecule has 2 aliphatic rings. The number of hydrogen-bond acceptors (Lipinski definition) is 7. The lowest BCUT2D eigenvalue weighted by molar-refractivity contribution is -0.172. The summed E-state index contributed by atoms with van der Waals surface area (Å²) in [5.74, 6) is -2.44. The van der Waals surface area contributed by atoms with E-state index < -0.39 is 28.8 Å². The fraction of sp³-hybridized carbons (Fsp3) is 0.375. The number of pyridine rings is 2. The van der Waals surface area contributed by atoms with Crippen molar-refractivity contribution in [1.82, 2.24) is 14.9 Å². The molecule has 0 saturated heterocycles. The zero-order valence-corrected chi connectivity index (χ0v) is 18.6. The van der Waals surface area contributed by atoms with Gasteiger partial charge < -0.3 is 24.8 Å². The number of aliphatic hydroxyl groups excluding tert-OH is 1. The number of cyclic esters (lactones) is 1. The van der Waals surface area contributed by atoms with Gasteiger partial charge >= 0.3 is 5.97 Å². The van der Waals surface area contributed by atoms with Gasteiger partial charge in [-0.1, -0.05) is 13.0 Å². The van der Waals surface area contributed by atoms with Crippen LogP contribution in [0.1, 0.15) is 48.6 Å². The van der Waals surface area contributed by atoms with Gasteiger partial charge in [-0.3, -0.25) is 4.79 Å². The van der Waals surface area contributed by atoms with Gasteiger partial charge in [-0.15, -0.1) is 0 Å². The maximum absolute atomic E-state index is 15.7. The highest BCUT2D eigenvalue weighted by Gasteiger charge is 2.45. The molecule has 5 rings (SSSR count). The summed E-state index contributed by atoms with van der Waals surface area (Å²) < 4.78 is 36.8. The molecule has 1 unspecified atom stereocenters. The molecule has 10 heteroatoms. The second kappa shape index (κ2) is 7.93. The molecule has 4 heterocycles. The third-order valence-electron chi connectivity index (χ3n) is 6.78. The Kier molecular flexibility index (Phi) is 5.27. The van der Waals surface area contributed by atoms with Crippen LogP contribution in [0, 0.1) is 11.6 Å². The molecule has 2 aromatic heterocycles. The van der Waals surface area contributed by atoms with E-state index in [9.17, 15) is 19.1 Å². The summed E-state index contributed by atoms with van der Waals surface area (Å²) in [6.45, 7) is 3.10. The SMILES string of the molecule is CC[C@@]1(O)C(=O)OCc2c1cc1n(c2=O)Cc2c-1nc1c(C(C)NCCO)ccc(F)c1c2F. The zero-order chi connectivity index (χ0) is 24.4. The highest BCUT2D eigenvalue weighted by Crippen LogP contribution is 2.40. The minimum atomic E-state index is -2.00. The number of aromatic nitrogens is 2. The fourth-order valence-corrected chi connectivity index (χ4v) is 4.85. The highest BCUT2D eigenvalue weighted by atomic mass is 19.1. The van der Waals surface area contributed by atoms with E-state index in [2.05, 4.69) is 10.3 Å². The van der Waals surface area contributed by atoms with Crippen LogP contribution in [0.2, 0.25) is 0 Å². The number of benzene rings is 1. The quantitative estimate of drug-likeness (QED) is 0.382. The number of fused-ring (bicyclic) bond motifs is 5. The van der Waals surface area contributed by atoms with E-state index in [0.29, 0.717) is 5.56 Å². The van der Waals surface area contributed by atoms with Crippen molar-refractivity contribution in [2.24, 2.45) is 0 Å². The van der Waals surface area contributed by atoms with Crippen molar-refractivity contribution >= 4 is 16.9 Å². The van der Waals surface area contributed by atoms with Crippen molar-refractivity contribution in [1.29, 1.82) is 0 Å². The Labute approximate surface area is 192 Å². The van der Waals surface area contributed by atoms with Crippen LogP contribution in [0.25, 0.3) is 22.3 Å². The Morgan fingerprint density at radius 2 is 2.06 bits per heavy atom. The average molecular weight is 471 g/mol. The van der Waals surface area contributed by atoms with Gasteiger partial charge in [0.2, 0.25) is 0 Å². The van der Waals surface area contributed by atoms with Gasteiger partial charge in [0.15, 0.2) is 5.60 Å². The van der Waals surface area contributed by atoms with Gasteiger partial charge in [-0.25, -0.2) is 18.6 Å². The first-order valence-electron chi connectivity index (χ1n) is 11.0. The molecule has 0 saturated carbocycles. The Hall–Kier alpha value is -3.21. The molecule has 2 atom stereocenters. The van der Waals surface area contributed by atoms with Gasteiger partial charge in [-0.2, -0.15) is 0 Å². The fourth-order valence-electron chi connectivity index (χ4n) is 4.85. The lowest BCUT2D eigenvalue weighted by Crippen LogP contribution is -2.44. The lowest BCUT2D eigenvalue weighted by Gasteiger charge is -2.31. The third kappa shape index (κ3) is 3.02. The van der Waals surface area contributed by atoms with Gasteiger partial charge in [0.1, 0.15) is 18.2 Å². The van der Waals surface area contributed by atoms with Crippen LogP contribution in [-0.2, 0) is 28.3 Å². The Morgan fingerprint density at radius 1 is 1.29 bits per heavy atom. The van der Waals surface area contributed by atoms with Crippen LogP contribution in [0.3, 0.4) is 0 Å². The maximum Gasteiger partial charge on any atom is 0.343 e. The minimum absolute atomic E-state index is 0.0164. The second-order valence-electron chi connectivity index (χ2n) is 8.62. The summed E-state index contributed by atoms with van der Waals surface area (Å²) in [6, 6.07) is 3.79. The summed E-state index contributed by atoms with van der Waals surface area (Å²) in [6.07, 6.45) is -0.0164. The number of carbonyl (C=O) groups excluding carboxylic acids is 1. The Balaban J connectivity index is 1.78. The maximum atomic E-state index is 15.7. The molecule has 3 N–H and O–H groups in total. The van der Waals surface area contributed by atoms with Gasteiger partial charge in [0.25, 0.3) is 5.56 Å². The Morgan fingerprint density at radius 3 is 2.76 bits per heavy atom. The van der Waals surface area contributed by atoms with E-state index in [4.69, 9.17) is 9.84 Å². The summed E-state index contributed by atoms with van der Waals surface area (Å²) in [5, 5.41) is 22.9. The number of hydrogen-bond donors (Lipinski definition) is 3. The van der Waals surface area contributed by atoms with Gasteiger partial charge in [0, 0.05) is 23.7 Å². The van der Waals surface area contributed by atoms with Gasteiger partial charge in [0.05, 0.1) is 41.0 Å². The molecule has 0 aliphatic carbocycles.